The van der Waals surface area contributed by atoms with Crippen molar-refractivity contribution in [2.45, 2.75) is 6.42 Å². The molecule has 7 nitrogen and oxygen atoms in total. The second-order valence-corrected chi connectivity index (χ2v) is 4.45. The lowest BCUT2D eigenvalue weighted by atomic mass is 10.1. The fourth-order valence-corrected chi connectivity index (χ4v) is 1.97. The molecule has 1 aromatic heterocycles. The number of hydrogen-bond acceptors (Lipinski definition) is 4. The summed E-state index contributed by atoms with van der Waals surface area (Å²) in [6, 6.07) is 5.27. The summed E-state index contributed by atoms with van der Waals surface area (Å²) in [5.74, 6) is -1.25. The number of nitrogens with zero attached hydrogens (tertiary/aromatic N) is 1. The number of carbonyl (C=O) groups is 1. The van der Waals surface area contributed by atoms with Crippen LogP contribution >= 0.6 is 8.18 Å². The molecule has 0 saturated carbocycles. The largest absolute Gasteiger partial charge is 0.578 e. The first-order valence-corrected chi connectivity index (χ1v) is 6.34. The third kappa shape index (κ3) is 2.70. The van der Waals surface area contributed by atoms with Gasteiger partial charge in [-0.25, -0.2) is 9.78 Å². The van der Waals surface area contributed by atoms with Gasteiger partial charge in [0.15, 0.2) is 0 Å². The van der Waals surface area contributed by atoms with Gasteiger partial charge < -0.3 is 15.0 Å². The lowest BCUT2D eigenvalue weighted by Crippen LogP contribution is -2.13. The van der Waals surface area contributed by atoms with E-state index in [1.807, 2.05) is 0 Å². The quantitative estimate of drug-likeness (QED) is 0.675. The Morgan fingerprint density at radius 2 is 2.33 bits per heavy atom. The number of aromatic nitrogens is 2. The van der Waals surface area contributed by atoms with Gasteiger partial charge in [0, 0.05) is 6.54 Å². The lowest BCUT2D eigenvalue weighted by molar-refractivity contribution is -0.167. The number of hydrogen-bond donors (Lipinski definition) is 3. The molecule has 0 aliphatic rings. The summed E-state index contributed by atoms with van der Waals surface area (Å²) in [7, 11) is -2.62. The number of carboxylic acids is 1. The number of carboxylic acid groups (broad SMARTS) is 1. The number of imidazole rings is 1. The molecular formula is C10H10N3O4P. The van der Waals surface area contributed by atoms with Crippen LogP contribution in [0.1, 0.15) is 16.2 Å². The van der Waals surface area contributed by atoms with Gasteiger partial charge in [0.25, 0.3) is 0 Å². The molecule has 0 spiro atoms. The zero-order valence-corrected chi connectivity index (χ0v) is 10.1. The molecule has 1 heterocycles. The van der Waals surface area contributed by atoms with Gasteiger partial charge in [-0.05, 0) is 18.1 Å². The Balaban J connectivity index is 2.27. The number of rotatable bonds is 5. The second kappa shape index (κ2) is 5.22. The Bertz CT molecular complexity index is 610. The molecule has 2 aromatic rings. The molecule has 3 N–H and O–H groups in total. The van der Waals surface area contributed by atoms with E-state index >= 15 is 0 Å². The van der Waals surface area contributed by atoms with Crippen LogP contribution in [0.15, 0.2) is 18.2 Å². The number of nitrogens with one attached hydrogen (secondary N) is 2. The summed E-state index contributed by atoms with van der Waals surface area (Å²) < 4.78 is 10.4. The van der Waals surface area contributed by atoms with Crippen molar-refractivity contribution in [1.82, 2.24) is 15.1 Å². The third-order valence-electron chi connectivity index (χ3n) is 2.43. The molecule has 0 bridgehead atoms. The predicted octanol–water partition coefficient (Wildman–Crippen LogP) is 0.411. The third-order valence-corrected chi connectivity index (χ3v) is 2.92. The van der Waals surface area contributed by atoms with Crippen LogP contribution in [-0.2, 0) is 11.0 Å². The number of aromatic amines is 1. The molecule has 18 heavy (non-hydrogen) atoms. The topological polar surface area (TPSA) is 118 Å². The maximum absolute atomic E-state index is 10.8. The maximum atomic E-state index is 10.8. The van der Waals surface area contributed by atoms with E-state index in [1.165, 1.54) is 0 Å². The van der Waals surface area contributed by atoms with E-state index in [-0.39, 0.29) is 12.4 Å². The van der Waals surface area contributed by atoms with E-state index in [2.05, 4.69) is 15.1 Å². The second-order valence-electron chi connectivity index (χ2n) is 3.62. The minimum absolute atomic E-state index is 0.125. The van der Waals surface area contributed by atoms with E-state index in [4.69, 9.17) is 5.11 Å². The van der Waals surface area contributed by atoms with Gasteiger partial charge in [0.05, 0.1) is 11.0 Å². The van der Waals surface area contributed by atoms with Crippen LogP contribution in [0.25, 0.3) is 11.0 Å². The van der Waals surface area contributed by atoms with Crippen molar-refractivity contribution in [3.63, 3.8) is 0 Å². The monoisotopic (exact) mass is 267 g/mol. The fraction of sp³-hybridized carbons (Fsp3) is 0.200. The minimum atomic E-state index is -2.62. The van der Waals surface area contributed by atoms with Crippen LogP contribution in [0.3, 0.4) is 0 Å². The number of H-pyrrole nitrogens is 1. The zero-order valence-electron chi connectivity index (χ0n) is 9.21. The molecule has 0 aliphatic carbocycles. The molecule has 1 unspecified atom stereocenters. The molecule has 1 aromatic carbocycles. The van der Waals surface area contributed by atoms with Crippen molar-refractivity contribution >= 4 is 25.2 Å². The highest BCUT2D eigenvalue weighted by molar-refractivity contribution is 7.33. The minimum Gasteiger partial charge on any atom is -0.578 e. The molecule has 0 aliphatic heterocycles. The molecule has 0 radical (unpaired) electrons. The van der Waals surface area contributed by atoms with Gasteiger partial charge >= 0.3 is 14.1 Å². The van der Waals surface area contributed by atoms with Crippen molar-refractivity contribution in [3.8, 4) is 0 Å². The summed E-state index contributed by atoms with van der Waals surface area (Å²) >= 11 is 0. The summed E-state index contributed by atoms with van der Waals surface area (Å²) in [5, 5.41) is 11.1. The first-order valence-electron chi connectivity index (χ1n) is 5.16. The maximum Gasteiger partial charge on any atom is 0.408 e. The molecule has 0 saturated heterocycles. The Kier molecular flexibility index (Phi) is 3.66. The van der Waals surface area contributed by atoms with Gasteiger partial charge in [0.2, 0.25) is 5.82 Å². The molecule has 1 atom stereocenters. The van der Waals surface area contributed by atoms with Crippen LogP contribution in [0.4, 0.5) is 0 Å². The zero-order chi connectivity index (χ0) is 13.1. The summed E-state index contributed by atoms with van der Waals surface area (Å²) in [5.41, 5.74) is 1.97. The number of para-hydroxylation sites is 1. The van der Waals surface area contributed by atoms with Crippen molar-refractivity contribution in [2.24, 2.45) is 0 Å². The summed E-state index contributed by atoms with van der Waals surface area (Å²) in [4.78, 5) is 27.8. The molecular weight excluding hydrogens is 257 g/mol. The first-order chi connectivity index (χ1) is 8.58. The highest BCUT2D eigenvalue weighted by Gasteiger charge is 2.12. The average molecular weight is 267 g/mol. The molecule has 94 valence electrons. The number of benzene rings is 1. The average Bonchev–Trinajstić information content (AvgIpc) is 2.73. The van der Waals surface area contributed by atoms with Crippen LogP contribution < -0.4 is 9.98 Å². The number of fused-ring (bicyclic) bond motifs is 1. The fourth-order valence-electron chi connectivity index (χ4n) is 1.68. The highest BCUT2D eigenvalue weighted by Crippen LogP contribution is 2.17. The van der Waals surface area contributed by atoms with Crippen LogP contribution in [0.2, 0.25) is 0 Å². The Morgan fingerprint density at radius 3 is 3.00 bits per heavy atom. The van der Waals surface area contributed by atoms with Gasteiger partial charge in [-0.2, -0.15) is 0 Å². The van der Waals surface area contributed by atoms with E-state index in [0.29, 0.717) is 17.5 Å². The van der Waals surface area contributed by atoms with E-state index in [9.17, 15) is 14.3 Å². The Morgan fingerprint density at radius 1 is 1.56 bits per heavy atom. The lowest BCUT2D eigenvalue weighted by Gasteiger charge is -1.99. The summed E-state index contributed by atoms with van der Waals surface area (Å²) in [6.07, 6.45) is 0.449. The molecule has 0 amide bonds. The van der Waals surface area contributed by atoms with E-state index in [0.717, 1.165) is 5.56 Å². The number of aromatic carboxylic acids is 1. The first kappa shape index (κ1) is 12.6. The van der Waals surface area contributed by atoms with Crippen molar-refractivity contribution in [1.29, 1.82) is 0 Å². The highest BCUT2D eigenvalue weighted by atomic mass is 31.1. The SMILES string of the molecule is O=C(O)c1nc2c(CCN[P+](=O)[O-])cccc2[nH]1. The normalized spacial score (nSPS) is 11.7. The van der Waals surface area contributed by atoms with Crippen LogP contribution in [-0.4, -0.2) is 27.6 Å². The van der Waals surface area contributed by atoms with Crippen molar-refractivity contribution in [3.05, 3.63) is 29.6 Å². The molecule has 2 rings (SSSR count). The van der Waals surface area contributed by atoms with Crippen LogP contribution in [0.5, 0.6) is 0 Å². The molecule has 8 heteroatoms. The Hall–Kier alpha value is -1.82. The van der Waals surface area contributed by atoms with Gasteiger partial charge in [0.1, 0.15) is 0 Å². The van der Waals surface area contributed by atoms with E-state index < -0.39 is 14.1 Å². The van der Waals surface area contributed by atoms with E-state index in [1.54, 1.807) is 18.2 Å². The Labute approximate surface area is 103 Å². The summed E-state index contributed by atoms with van der Waals surface area (Å²) in [6.45, 7) is 0.257. The standard InChI is InChI=1S/C10H10N3O4P/c14-10(15)9-12-7-3-1-2-6(8(7)13-9)4-5-11-18(16)17/h1-3H,4-5H2,(H,12,13)(H,14,15)(H,11,16,17). The van der Waals surface area contributed by atoms with Gasteiger partial charge in [-0.3, -0.25) is 0 Å². The predicted molar refractivity (Wildman–Crippen MR) is 62.4 cm³/mol. The molecule has 0 fully saturated rings. The van der Waals surface area contributed by atoms with Crippen LogP contribution in [0, 0.1) is 0 Å². The van der Waals surface area contributed by atoms with Gasteiger partial charge in [-0.1, -0.05) is 16.7 Å². The van der Waals surface area contributed by atoms with Gasteiger partial charge in [-0.15, -0.1) is 5.09 Å². The smallest absolute Gasteiger partial charge is 0.408 e. The van der Waals surface area contributed by atoms with Crippen molar-refractivity contribution in [2.75, 3.05) is 6.54 Å². The van der Waals surface area contributed by atoms with Crippen molar-refractivity contribution < 1.29 is 19.4 Å².